The van der Waals surface area contributed by atoms with E-state index in [0.717, 1.165) is 15.4 Å². The van der Waals surface area contributed by atoms with E-state index in [1.807, 2.05) is 19.1 Å². The van der Waals surface area contributed by atoms with E-state index < -0.39 is 10.0 Å². The Bertz CT molecular complexity index is 933. The lowest BCUT2D eigenvalue weighted by atomic mass is 10.1. The van der Waals surface area contributed by atoms with Crippen molar-refractivity contribution in [3.63, 3.8) is 0 Å². The van der Waals surface area contributed by atoms with Crippen molar-refractivity contribution >= 4 is 48.5 Å². The Morgan fingerprint density at radius 3 is 2.45 bits per heavy atom. The summed E-state index contributed by atoms with van der Waals surface area (Å²) in [6.45, 7) is 1.83. The van der Waals surface area contributed by atoms with Gasteiger partial charge in [-0.3, -0.25) is 0 Å². The van der Waals surface area contributed by atoms with Crippen LogP contribution in [0.4, 0.5) is 0 Å². The molecule has 0 aliphatic carbocycles. The van der Waals surface area contributed by atoms with Crippen LogP contribution in [-0.2, 0) is 10.0 Å². The second-order valence-corrected chi connectivity index (χ2v) is 8.36. The summed E-state index contributed by atoms with van der Waals surface area (Å²) in [4.78, 5) is 0.253. The molecule has 2 aromatic carbocycles. The number of hydrogen-bond acceptors (Lipinski definition) is 2. The summed E-state index contributed by atoms with van der Waals surface area (Å²) in [5.41, 5.74) is 1.41. The lowest BCUT2D eigenvalue weighted by molar-refractivity contribution is 0.589. The third kappa shape index (κ3) is 2.57. The zero-order valence-corrected chi connectivity index (χ0v) is 14.9. The molecule has 0 saturated heterocycles. The van der Waals surface area contributed by atoms with Crippen LogP contribution in [0.2, 0.25) is 0 Å². The first-order valence-electron chi connectivity index (χ1n) is 6.66. The highest BCUT2D eigenvalue weighted by Gasteiger charge is 2.22. The Balaban J connectivity index is 2.33. The van der Waals surface area contributed by atoms with Crippen molar-refractivity contribution in [1.29, 1.82) is 0 Å². The molecule has 114 valence electrons. The first kappa shape index (κ1) is 15.6. The molecular formula is C16H13BrClNO2S. The number of alkyl halides is 1. The van der Waals surface area contributed by atoms with Gasteiger partial charge in [-0.05, 0) is 42.8 Å². The average molecular weight is 399 g/mol. The standard InChI is InChI=1S/C16H13BrClNO2S/c1-11(18)15-10-19(16-8-7-12(17)9-14(15)16)22(20,21)13-5-3-2-4-6-13/h2-11H,1H3. The van der Waals surface area contributed by atoms with Crippen molar-refractivity contribution in [3.8, 4) is 0 Å². The smallest absolute Gasteiger partial charge is 0.241 e. The van der Waals surface area contributed by atoms with Gasteiger partial charge in [-0.15, -0.1) is 11.6 Å². The van der Waals surface area contributed by atoms with Crippen molar-refractivity contribution in [2.24, 2.45) is 0 Å². The number of benzene rings is 2. The molecule has 0 fully saturated rings. The van der Waals surface area contributed by atoms with Crippen LogP contribution < -0.4 is 0 Å². The summed E-state index contributed by atoms with van der Waals surface area (Å²) in [6, 6.07) is 13.9. The van der Waals surface area contributed by atoms with Crippen LogP contribution in [-0.4, -0.2) is 12.4 Å². The molecule has 0 amide bonds. The minimum atomic E-state index is -3.65. The molecule has 6 heteroatoms. The fourth-order valence-electron chi connectivity index (χ4n) is 2.42. The molecule has 3 nitrogen and oxygen atoms in total. The van der Waals surface area contributed by atoms with Gasteiger partial charge in [0.05, 0.1) is 15.8 Å². The van der Waals surface area contributed by atoms with Crippen molar-refractivity contribution < 1.29 is 8.42 Å². The maximum Gasteiger partial charge on any atom is 0.268 e. The Labute approximate surface area is 142 Å². The molecule has 22 heavy (non-hydrogen) atoms. The van der Waals surface area contributed by atoms with Crippen LogP contribution in [0.3, 0.4) is 0 Å². The minimum absolute atomic E-state index is 0.253. The Kier molecular flexibility index (Phi) is 4.05. The largest absolute Gasteiger partial charge is 0.268 e. The van der Waals surface area contributed by atoms with Gasteiger partial charge in [0, 0.05) is 16.1 Å². The molecule has 0 aliphatic heterocycles. The van der Waals surface area contributed by atoms with Gasteiger partial charge in [-0.1, -0.05) is 34.1 Å². The zero-order valence-electron chi connectivity index (χ0n) is 11.7. The molecule has 3 aromatic rings. The summed E-state index contributed by atoms with van der Waals surface area (Å²) in [5.74, 6) is 0. The minimum Gasteiger partial charge on any atom is -0.241 e. The molecule has 0 saturated carbocycles. The lowest BCUT2D eigenvalue weighted by Crippen LogP contribution is -2.11. The van der Waals surface area contributed by atoms with E-state index in [4.69, 9.17) is 11.6 Å². The number of rotatable bonds is 3. The van der Waals surface area contributed by atoms with Crippen molar-refractivity contribution in [3.05, 3.63) is 64.8 Å². The molecular weight excluding hydrogens is 386 g/mol. The van der Waals surface area contributed by atoms with E-state index in [1.165, 1.54) is 3.97 Å². The summed E-state index contributed by atoms with van der Waals surface area (Å²) in [5, 5.41) is 0.542. The first-order chi connectivity index (χ1) is 10.4. The maximum absolute atomic E-state index is 12.9. The topological polar surface area (TPSA) is 39.1 Å². The Morgan fingerprint density at radius 1 is 1.14 bits per heavy atom. The van der Waals surface area contributed by atoms with E-state index >= 15 is 0 Å². The molecule has 0 N–H and O–H groups in total. The molecule has 1 unspecified atom stereocenters. The molecule has 1 atom stereocenters. The second kappa shape index (κ2) is 5.72. The van der Waals surface area contributed by atoms with E-state index in [0.29, 0.717) is 5.52 Å². The molecule has 1 heterocycles. The monoisotopic (exact) mass is 397 g/mol. The van der Waals surface area contributed by atoms with Crippen LogP contribution in [0.15, 0.2) is 64.1 Å². The SMILES string of the molecule is CC(Cl)c1cn(S(=O)(=O)c2ccccc2)c2ccc(Br)cc12. The molecule has 1 aromatic heterocycles. The normalized spacial score (nSPS) is 13.4. The van der Waals surface area contributed by atoms with E-state index in [2.05, 4.69) is 15.9 Å². The van der Waals surface area contributed by atoms with Crippen molar-refractivity contribution in [2.45, 2.75) is 17.2 Å². The molecule has 3 rings (SSSR count). The molecule has 0 bridgehead atoms. The van der Waals surface area contributed by atoms with E-state index in [9.17, 15) is 8.42 Å². The van der Waals surface area contributed by atoms with Gasteiger partial charge in [-0.25, -0.2) is 12.4 Å². The highest BCUT2D eigenvalue weighted by molar-refractivity contribution is 9.10. The highest BCUT2D eigenvalue weighted by Crippen LogP contribution is 2.33. The maximum atomic E-state index is 12.9. The average Bonchev–Trinajstić information content (AvgIpc) is 2.87. The Hall–Kier alpha value is -1.30. The fourth-order valence-corrected chi connectivity index (χ4v) is 4.35. The molecule has 0 radical (unpaired) electrons. The molecule has 0 spiro atoms. The van der Waals surface area contributed by atoms with Crippen LogP contribution in [0.25, 0.3) is 10.9 Å². The van der Waals surface area contributed by atoms with Crippen LogP contribution in [0, 0.1) is 0 Å². The number of halogens is 2. The first-order valence-corrected chi connectivity index (χ1v) is 9.33. The summed E-state index contributed by atoms with van der Waals surface area (Å²) in [7, 11) is -3.65. The summed E-state index contributed by atoms with van der Waals surface area (Å²) < 4.78 is 27.9. The third-order valence-electron chi connectivity index (χ3n) is 3.49. The highest BCUT2D eigenvalue weighted by atomic mass is 79.9. The Morgan fingerprint density at radius 2 is 1.82 bits per heavy atom. The summed E-state index contributed by atoms with van der Waals surface area (Å²) >= 11 is 9.64. The van der Waals surface area contributed by atoms with Gasteiger partial charge in [0.15, 0.2) is 0 Å². The number of fused-ring (bicyclic) bond motifs is 1. The van der Waals surface area contributed by atoms with Gasteiger partial charge < -0.3 is 0 Å². The van der Waals surface area contributed by atoms with Crippen LogP contribution >= 0.6 is 27.5 Å². The van der Waals surface area contributed by atoms with Gasteiger partial charge in [0.25, 0.3) is 10.0 Å². The predicted molar refractivity (Wildman–Crippen MR) is 92.9 cm³/mol. The number of hydrogen-bond donors (Lipinski definition) is 0. The third-order valence-corrected chi connectivity index (χ3v) is 5.91. The van der Waals surface area contributed by atoms with Crippen LogP contribution in [0.1, 0.15) is 17.9 Å². The fraction of sp³-hybridized carbons (Fsp3) is 0.125. The van der Waals surface area contributed by atoms with Crippen molar-refractivity contribution in [1.82, 2.24) is 3.97 Å². The molecule has 0 aliphatic rings. The second-order valence-electron chi connectivity index (χ2n) is 4.98. The zero-order chi connectivity index (χ0) is 15.9. The van der Waals surface area contributed by atoms with Gasteiger partial charge in [0.2, 0.25) is 0 Å². The van der Waals surface area contributed by atoms with Crippen molar-refractivity contribution in [2.75, 3.05) is 0 Å². The van der Waals surface area contributed by atoms with Gasteiger partial charge >= 0.3 is 0 Å². The number of aromatic nitrogens is 1. The number of nitrogens with zero attached hydrogens (tertiary/aromatic N) is 1. The lowest BCUT2D eigenvalue weighted by Gasteiger charge is -2.07. The quantitative estimate of drug-likeness (QED) is 0.586. The van der Waals surface area contributed by atoms with Gasteiger partial charge in [-0.2, -0.15) is 0 Å². The van der Waals surface area contributed by atoms with E-state index in [1.54, 1.807) is 42.6 Å². The van der Waals surface area contributed by atoms with E-state index in [-0.39, 0.29) is 10.3 Å². The summed E-state index contributed by atoms with van der Waals surface area (Å²) in [6.07, 6.45) is 1.61. The van der Waals surface area contributed by atoms with Crippen LogP contribution in [0.5, 0.6) is 0 Å². The predicted octanol–water partition coefficient (Wildman–Crippen LogP) is 4.94. The van der Waals surface area contributed by atoms with Gasteiger partial charge in [0.1, 0.15) is 0 Å².